The lowest BCUT2D eigenvalue weighted by atomic mass is 10.2. The monoisotopic (exact) mass is 326 g/mol. The molecule has 0 amide bonds. The van der Waals surface area contributed by atoms with Gasteiger partial charge in [-0.2, -0.15) is 0 Å². The average molecular weight is 328 g/mol. The van der Waals surface area contributed by atoms with Gasteiger partial charge in [-0.15, -0.1) is 0 Å². The van der Waals surface area contributed by atoms with Gasteiger partial charge in [0.2, 0.25) is 0 Å². The highest BCUT2D eigenvalue weighted by Gasteiger charge is 2.25. The molecular weight excluding hydrogens is 316 g/mol. The molecule has 94 valence electrons. The molecule has 2 aromatic rings. The molecule has 1 aromatic carbocycles. The lowest BCUT2D eigenvalue weighted by Gasteiger charge is -2.05. The predicted octanol–water partition coefficient (Wildman–Crippen LogP) is 3.45. The normalized spacial score (nSPS) is 15.0. The molecule has 18 heavy (non-hydrogen) atoms. The summed E-state index contributed by atoms with van der Waals surface area (Å²) >= 11 is 9.53. The Morgan fingerprint density at radius 1 is 1.33 bits per heavy atom. The van der Waals surface area contributed by atoms with Crippen LogP contribution in [0.5, 0.6) is 0 Å². The van der Waals surface area contributed by atoms with Crippen molar-refractivity contribution in [2.45, 2.75) is 25.4 Å². The third-order valence-electron chi connectivity index (χ3n) is 3.17. The molecule has 1 saturated carbocycles. The summed E-state index contributed by atoms with van der Waals surface area (Å²) in [6.45, 7) is 0.519. The summed E-state index contributed by atoms with van der Waals surface area (Å²) in [7, 11) is 0. The van der Waals surface area contributed by atoms with Crippen LogP contribution in [0.4, 0.5) is 0 Å². The van der Waals surface area contributed by atoms with Crippen LogP contribution in [0.3, 0.4) is 0 Å². The summed E-state index contributed by atoms with van der Waals surface area (Å²) in [5.74, 6) is 0. The summed E-state index contributed by atoms with van der Waals surface area (Å²) in [5.41, 5.74) is 1.01. The molecule has 3 nitrogen and oxygen atoms in total. The van der Waals surface area contributed by atoms with Crippen molar-refractivity contribution in [2.75, 3.05) is 0 Å². The molecule has 0 radical (unpaired) electrons. The minimum absolute atomic E-state index is 0.0523. The summed E-state index contributed by atoms with van der Waals surface area (Å²) in [6, 6.07) is 6.14. The molecular formula is C13H12BrClN2O. The first-order valence-corrected chi connectivity index (χ1v) is 7.03. The third-order valence-corrected chi connectivity index (χ3v) is 4.01. The average Bonchev–Trinajstić information content (AvgIpc) is 3.10. The van der Waals surface area contributed by atoms with Crippen LogP contribution < -0.4 is 5.69 Å². The van der Waals surface area contributed by atoms with Crippen LogP contribution in [0.1, 0.15) is 24.4 Å². The van der Waals surface area contributed by atoms with Gasteiger partial charge < -0.3 is 0 Å². The Morgan fingerprint density at radius 2 is 2.11 bits per heavy atom. The van der Waals surface area contributed by atoms with Crippen LogP contribution in [0.25, 0.3) is 0 Å². The van der Waals surface area contributed by atoms with Gasteiger partial charge in [0, 0.05) is 27.9 Å². The van der Waals surface area contributed by atoms with E-state index in [9.17, 15) is 4.79 Å². The molecule has 0 spiro atoms. The number of imidazole rings is 1. The number of hydrogen-bond donors (Lipinski definition) is 0. The van der Waals surface area contributed by atoms with E-state index in [4.69, 9.17) is 11.6 Å². The molecule has 0 atom stereocenters. The van der Waals surface area contributed by atoms with E-state index in [0.29, 0.717) is 17.6 Å². The molecule has 1 aliphatic carbocycles. The van der Waals surface area contributed by atoms with E-state index in [1.165, 1.54) is 0 Å². The van der Waals surface area contributed by atoms with Gasteiger partial charge in [-0.3, -0.25) is 9.13 Å². The lowest BCUT2D eigenvalue weighted by molar-refractivity contribution is 0.656. The van der Waals surface area contributed by atoms with Crippen LogP contribution in [-0.4, -0.2) is 9.13 Å². The van der Waals surface area contributed by atoms with Crippen molar-refractivity contribution in [1.29, 1.82) is 0 Å². The molecule has 0 unspecified atom stereocenters. The molecule has 1 aliphatic rings. The van der Waals surface area contributed by atoms with E-state index < -0.39 is 0 Å². The van der Waals surface area contributed by atoms with Gasteiger partial charge in [0.15, 0.2) is 0 Å². The SMILES string of the molecule is O=c1n(Cc2ccc(Br)cc2Cl)ccn1C1CC1. The van der Waals surface area contributed by atoms with Crippen molar-refractivity contribution in [1.82, 2.24) is 9.13 Å². The topological polar surface area (TPSA) is 26.9 Å². The second-order valence-electron chi connectivity index (χ2n) is 4.58. The zero-order chi connectivity index (χ0) is 12.7. The molecule has 0 bridgehead atoms. The van der Waals surface area contributed by atoms with Crippen molar-refractivity contribution in [2.24, 2.45) is 0 Å². The first kappa shape index (κ1) is 12.1. The molecule has 0 N–H and O–H groups in total. The minimum Gasteiger partial charge on any atom is -0.296 e. The second kappa shape index (κ2) is 4.59. The minimum atomic E-state index is 0.0523. The molecule has 0 saturated heterocycles. The Morgan fingerprint density at radius 3 is 2.78 bits per heavy atom. The number of nitrogens with zero attached hydrogens (tertiary/aromatic N) is 2. The fraction of sp³-hybridized carbons (Fsp3) is 0.308. The quantitative estimate of drug-likeness (QED) is 0.848. The number of halogens is 2. The Balaban J connectivity index is 1.90. The standard InChI is InChI=1S/C13H12BrClN2O/c14-10-2-1-9(12(15)7-10)8-16-5-6-17(13(16)18)11-3-4-11/h1-2,5-7,11H,3-4,8H2. The van der Waals surface area contributed by atoms with Gasteiger partial charge in [0.05, 0.1) is 6.54 Å². The highest BCUT2D eigenvalue weighted by Crippen LogP contribution is 2.33. The van der Waals surface area contributed by atoms with Crippen molar-refractivity contribution in [3.63, 3.8) is 0 Å². The summed E-state index contributed by atoms with van der Waals surface area (Å²) < 4.78 is 4.46. The summed E-state index contributed by atoms with van der Waals surface area (Å²) in [4.78, 5) is 12.1. The Hall–Kier alpha value is -1.00. The van der Waals surface area contributed by atoms with E-state index in [1.54, 1.807) is 4.57 Å². The summed E-state index contributed by atoms with van der Waals surface area (Å²) in [6.07, 6.45) is 5.93. The van der Waals surface area contributed by atoms with E-state index in [-0.39, 0.29) is 5.69 Å². The largest absolute Gasteiger partial charge is 0.328 e. The van der Waals surface area contributed by atoms with Crippen molar-refractivity contribution in [3.05, 3.63) is 56.1 Å². The van der Waals surface area contributed by atoms with E-state index in [2.05, 4.69) is 15.9 Å². The molecule has 0 aliphatic heterocycles. The summed E-state index contributed by atoms with van der Waals surface area (Å²) in [5, 5.41) is 0.676. The molecule has 1 fully saturated rings. The van der Waals surface area contributed by atoms with Gasteiger partial charge in [0.1, 0.15) is 0 Å². The molecule has 5 heteroatoms. The molecule has 1 heterocycles. The number of benzene rings is 1. The predicted molar refractivity (Wildman–Crippen MR) is 75.2 cm³/mol. The zero-order valence-corrected chi connectivity index (χ0v) is 12.0. The maximum Gasteiger partial charge on any atom is 0.328 e. The number of aromatic nitrogens is 2. The van der Waals surface area contributed by atoms with Crippen molar-refractivity contribution in [3.8, 4) is 0 Å². The first-order chi connectivity index (χ1) is 8.65. The van der Waals surface area contributed by atoms with E-state index in [0.717, 1.165) is 22.9 Å². The molecule has 3 rings (SSSR count). The van der Waals surface area contributed by atoms with Gasteiger partial charge in [-0.05, 0) is 30.5 Å². The van der Waals surface area contributed by atoms with E-state index in [1.807, 2.05) is 35.2 Å². The van der Waals surface area contributed by atoms with Gasteiger partial charge in [0.25, 0.3) is 0 Å². The second-order valence-corrected chi connectivity index (χ2v) is 5.91. The van der Waals surface area contributed by atoms with Crippen molar-refractivity contribution < 1.29 is 0 Å². The fourth-order valence-electron chi connectivity index (χ4n) is 2.01. The fourth-order valence-corrected chi connectivity index (χ4v) is 2.75. The maximum absolute atomic E-state index is 12.1. The number of rotatable bonds is 3. The van der Waals surface area contributed by atoms with Crippen LogP contribution >= 0.6 is 27.5 Å². The van der Waals surface area contributed by atoms with Crippen molar-refractivity contribution >= 4 is 27.5 Å². The highest BCUT2D eigenvalue weighted by atomic mass is 79.9. The maximum atomic E-state index is 12.1. The third kappa shape index (κ3) is 2.27. The van der Waals surface area contributed by atoms with Crippen LogP contribution in [0.15, 0.2) is 39.9 Å². The number of hydrogen-bond acceptors (Lipinski definition) is 1. The van der Waals surface area contributed by atoms with Gasteiger partial charge >= 0.3 is 5.69 Å². The highest BCUT2D eigenvalue weighted by molar-refractivity contribution is 9.10. The zero-order valence-electron chi connectivity index (χ0n) is 9.64. The van der Waals surface area contributed by atoms with Crippen LogP contribution in [0.2, 0.25) is 5.02 Å². The van der Waals surface area contributed by atoms with Crippen LogP contribution in [0, 0.1) is 0 Å². The molecule has 1 aromatic heterocycles. The van der Waals surface area contributed by atoms with E-state index >= 15 is 0 Å². The smallest absolute Gasteiger partial charge is 0.296 e. The van der Waals surface area contributed by atoms with Gasteiger partial charge in [-0.1, -0.05) is 33.6 Å². The first-order valence-electron chi connectivity index (χ1n) is 5.86. The Labute approximate surface area is 118 Å². The Bertz CT molecular complexity index is 643. The van der Waals surface area contributed by atoms with Crippen LogP contribution in [-0.2, 0) is 6.54 Å². The Kier molecular flexibility index (Phi) is 3.08. The lowest BCUT2D eigenvalue weighted by Crippen LogP contribution is -2.23. The van der Waals surface area contributed by atoms with Gasteiger partial charge in [-0.25, -0.2) is 4.79 Å².